The lowest BCUT2D eigenvalue weighted by molar-refractivity contribution is 0.573. The summed E-state index contributed by atoms with van der Waals surface area (Å²) >= 11 is 1.72. The summed E-state index contributed by atoms with van der Waals surface area (Å²) in [6, 6.07) is 0. The van der Waals surface area contributed by atoms with Gasteiger partial charge in [-0.2, -0.15) is 0 Å². The van der Waals surface area contributed by atoms with Crippen LogP contribution in [0.15, 0.2) is 10.4 Å². The predicted octanol–water partition coefficient (Wildman–Crippen LogP) is 3.42. The van der Waals surface area contributed by atoms with Gasteiger partial charge in [-0.1, -0.05) is 20.8 Å². The van der Waals surface area contributed by atoms with Crippen molar-refractivity contribution in [2.24, 2.45) is 10.9 Å². The fourth-order valence-electron chi connectivity index (χ4n) is 1.56. The minimum absolute atomic E-state index is 0. The molecule has 1 aromatic heterocycles. The Labute approximate surface area is 143 Å². The van der Waals surface area contributed by atoms with Crippen LogP contribution in [0.5, 0.6) is 0 Å². The highest BCUT2D eigenvalue weighted by Gasteiger charge is 2.01. The van der Waals surface area contributed by atoms with Gasteiger partial charge in [0.1, 0.15) is 0 Å². The zero-order chi connectivity index (χ0) is 14.1. The molecule has 2 N–H and O–H groups in total. The Hall–Kier alpha value is -0.370. The van der Waals surface area contributed by atoms with Crippen molar-refractivity contribution in [3.63, 3.8) is 0 Å². The van der Waals surface area contributed by atoms with Crippen LogP contribution in [0.25, 0.3) is 0 Å². The molecule has 116 valence electrons. The first kappa shape index (κ1) is 19.6. The number of hydrogen-bond donors (Lipinski definition) is 2. The molecule has 1 heterocycles. The first-order valence-electron chi connectivity index (χ1n) is 7.11. The van der Waals surface area contributed by atoms with Gasteiger partial charge in [0, 0.05) is 18.5 Å². The largest absolute Gasteiger partial charge is 0.357 e. The molecule has 6 heteroatoms. The molecular formula is C14H27IN4S. The van der Waals surface area contributed by atoms with Gasteiger partial charge in [-0.15, -0.1) is 35.3 Å². The maximum absolute atomic E-state index is 4.57. The number of aliphatic imine (C=N–C) groups is 1. The number of nitrogens with one attached hydrogen (secondary N) is 2. The Balaban J connectivity index is 0.00000361. The number of aryl methyl sites for hydroxylation is 1. The lowest BCUT2D eigenvalue weighted by Gasteiger charge is -2.11. The number of nitrogens with zero attached hydrogens (tertiary/aromatic N) is 2. The van der Waals surface area contributed by atoms with E-state index in [1.165, 1.54) is 5.01 Å². The van der Waals surface area contributed by atoms with Crippen LogP contribution in [0.1, 0.15) is 44.8 Å². The molecule has 0 spiro atoms. The van der Waals surface area contributed by atoms with Gasteiger partial charge in [-0.05, 0) is 25.7 Å². The molecule has 0 bridgehead atoms. The fourth-order valence-corrected chi connectivity index (χ4v) is 2.30. The Kier molecular flexibility index (Phi) is 11.1. The van der Waals surface area contributed by atoms with Crippen LogP contribution in [0.3, 0.4) is 0 Å². The second-order valence-corrected chi connectivity index (χ2v) is 5.83. The second-order valence-electron chi connectivity index (χ2n) is 4.89. The van der Waals surface area contributed by atoms with Gasteiger partial charge in [0.25, 0.3) is 0 Å². The molecule has 0 amide bonds. The second kappa shape index (κ2) is 11.3. The van der Waals surface area contributed by atoms with E-state index in [9.17, 15) is 0 Å². The summed E-state index contributed by atoms with van der Waals surface area (Å²) in [5.74, 6) is 1.59. The third-order valence-electron chi connectivity index (χ3n) is 2.66. The zero-order valence-corrected chi connectivity index (χ0v) is 16.0. The minimum Gasteiger partial charge on any atom is -0.357 e. The quantitative estimate of drug-likeness (QED) is 0.412. The van der Waals surface area contributed by atoms with E-state index in [-0.39, 0.29) is 24.0 Å². The maximum Gasteiger partial charge on any atom is 0.191 e. The van der Waals surface area contributed by atoms with Crippen molar-refractivity contribution in [1.82, 2.24) is 15.6 Å². The van der Waals surface area contributed by atoms with E-state index in [4.69, 9.17) is 0 Å². The van der Waals surface area contributed by atoms with Crippen molar-refractivity contribution in [1.29, 1.82) is 0 Å². The van der Waals surface area contributed by atoms with Crippen LogP contribution in [0, 0.1) is 5.92 Å². The average molecular weight is 410 g/mol. The number of halogens is 1. The van der Waals surface area contributed by atoms with Gasteiger partial charge in [0.15, 0.2) is 5.96 Å². The van der Waals surface area contributed by atoms with Crippen molar-refractivity contribution in [3.05, 3.63) is 16.1 Å². The van der Waals surface area contributed by atoms with Crippen LogP contribution < -0.4 is 10.6 Å². The molecule has 0 aliphatic heterocycles. The molecule has 0 saturated heterocycles. The average Bonchev–Trinajstić information content (AvgIpc) is 2.83. The molecule has 0 radical (unpaired) electrons. The highest BCUT2D eigenvalue weighted by molar-refractivity contribution is 14.0. The molecule has 0 fully saturated rings. The fraction of sp³-hybridized carbons (Fsp3) is 0.714. The summed E-state index contributed by atoms with van der Waals surface area (Å²) in [7, 11) is 0. The van der Waals surface area contributed by atoms with Crippen molar-refractivity contribution >= 4 is 41.3 Å². The van der Waals surface area contributed by atoms with Crippen LogP contribution in [-0.2, 0) is 13.0 Å². The van der Waals surface area contributed by atoms with Gasteiger partial charge in [-0.25, -0.2) is 9.98 Å². The van der Waals surface area contributed by atoms with Crippen molar-refractivity contribution in [2.75, 3.05) is 13.1 Å². The maximum atomic E-state index is 4.57. The Morgan fingerprint density at radius 1 is 1.35 bits per heavy atom. The molecule has 0 saturated carbocycles. The first-order valence-corrected chi connectivity index (χ1v) is 7.99. The van der Waals surface area contributed by atoms with Crippen molar-refractivity contribution in [2.45, 2.75) is 47.1 Å². The predicted molar refractivity (Wildman–Crippen MR) is 99.2 cm³/mol. The SMILES string of the molecule is CCNC(=NCc1csc(CC)n1)NCCC(C)C.I. The topological polar surface area (TPSA) is 49.3 Å². The van der Waals surface area contributed by atoms with E-state index >= 15 is 0 Å². The van der Waals surface area contributed by atoms with Gasteiger partial charge >= 0.3 is 0 Å². The number of aromatic nitrogens is 1. The monoisotopic (exact) mass is 410 g/mol. The molecule has 0 aromatic carbocycles. The lowest BCUT2D eigenvalue weighted by Crippen LogP contribution is -2.38. The molecule has 0 unspecified atom stereocenters. The highest BCUT2D eigenvalue weighted by Crippen LogP contribution is 2.10. The lowest BCUT2D eigenvalue weighted by atomic mass is 10.1. The number of rotatable bonds is 7. The third-order valence-corrected chi connectivity index (χ3v) is 3.70. The molecular weight excluding hydrogens is 383 g/mol. The Bertz CT molecular complexity index is 390. The summed E-state index contributed by atoms with van der Waals surface area (Å²) in [4.78, 5) is 9.09. The van der Waals surface area contributed by atoms with E-state index in [1.807, 2.05) is 0 Å². The van der Waals surface area contributed by atoms with E-state index in [1.54, 1.807) is 11.3 Å². The normalized spacial score (nSPS) is 11.3. The van der Waals surface area contributed by atoms with Crippen molar-refractivity contribution < 1.29 is 0 Å². The number of thiazole rings is 1. The summed E-state index contributed by atoms with van der Waals surface area (Å²) in [5, 5.41) is 9.90. The highest BCUT2D eigenvalue weighted by atomic mass is 127. The minimum atomic E-state index is 0. The summed E-state index contributed by atoms with van der Waals surface area (Å²) in [6.07, 6.45) is 2.15. The molecule has 1 rings (SSSR count). The molecule has 0 aliphatic carbocycles. The smallest absolute Gasteiger partial charge is 0.191 e. The Morgan fingerprint density at radius 2 is 2.10 bits per heavy atom. The summed E-state index contributed by atoms with van der Waals surface area (Å²) < 4.78 is 0. The molecule has 0 aliphatic rings. The summed E-state index contributed by atoms with van der Waals surface area (Å²) in [5.41, 5.74) is 1.06. The van der Waals surface area contributed by atoms with E-state index < -0.39 is 0 Å². The van der Waals surface area contributed by atoms with Crippen LogP contribution in [-0.4, -0.2) is 24.0 Å². The molecule has 20 heavy (non-hydrogen) atoms. The van der Waals surface area contributed by atoms with Gasteiger partial charge in [0.05, 0.1) is 17.2 Å². The summed E-state index contributed by atoms with van der Waals surface area (Å²) in [6.45, 7) is 11.2. The van der Waals surface area contributed by atoms with Crippen LogP contribution in [0.4, 0.5) is 0 Å². The number of hydrogen-bond acceptors (Lipinski definition) is 3. The first-order chi connectivity index (χ1) is 9.15. The van der Waals surface area contributed by atoms with Crippen LogP contribution in [0.2, 0.25) is 0 Å². The van der Waals surface area contributed by atoms with E-state index in [0.29, 0.717) is 12.5 Å². The number of guanidine groups is 1. The van der Waals surface area contributed by atoms with E-state index in [0.717, 1.165) is 37.6 Å². The van der Waals surface area contributed by atoms with Gasteiger partial charge < -0.3 is 10.6 Å². The zero-order valence-electron chi connectivity index (χ0n) is 12.9. The van der Waals surface area contributed by atoms with Crippen molar-refractivity contribution in [3.8, 4) is 0 Å². The Morgan fingerprint density at radius 3 is 2.65 bits per heavy atom. The van der Waals surface area contributed by atoms with E-state index in [2.05, 4.69) is 53.7 Å². The molecule has 4 nitrogen and oxygen atoms in total. The van der Waals surface area contributed by atoms with Crippen LogP contribution >= 0.6 is 35.3 Å². The molecule has 1 aromatic rings. The van der Waals surface area contributed by atoms with Gasteiger partial charge in [-0.3, -0.25) is 0 Å². The standard InChI is InChI=1S/C14H26N4S.HI/c1-5-13-18-12(10-19-13)9-17-14(15-6-2)16-8-7-11(3)4;/h10-11H,5-9H2,1-4H3,(H2,15,16,17);1H. The third kappa shape index (κ3) is 8.04. The molecule has 0 atom stereocenters. The van der Waals surface area contributed by atoms with Gasteiger partial charge in [0.2, 0.25) is 0 Å².